The highest BCUT2D eigenvalue weighted by Gasteiger charge is 2.17. The first-order valence-corrected chi connectivity index (χ1v) is 10.3. The lowest BCUT2D eigenvalue weighted by Gasteiger charge is -2.18. The Kier molecular flexibility index (Phi) is 12.5. The molecule has 0 aliphatic carbocycles. The van der Waals surface area contributed by atoms with Crippen molar-refractivity contribution in [3.8, 4) is 0 Å². The number of hydrogen-bond donors (Lipinski definition) is 2. The summed E-state index contributed by atoms with van der Waals surface area (Å²) in [5, 5.41) is 18.7. The van der Waals surface area contributed by atoms with Crippen LogP contribution in [0.1, 0.15) is 65.2 Å². The quantitative estimate of drug-likeness (QED) is 0.326. The van der Waals surface area contributed by atoms with E-state index in [0.717, 1.165) is 56.1 Å². The molecule has 0 bridgehead atoms. The van der Waals surface area contributed by atoms with Gasteiger partial charge < -0.3 is 19.7 Å². The molecule has 0 fully saturated rings. The normalized spacial score (nSPS) is 16.5. The smallest absolute Gasteiger partial charge is 0.334 e. The number of ether oxygens (including phenoxy) is 2. The molecule has 0 saturated carbocycles. The van der Waals surface area contributed by atoms with E-state index in [4.69, 9.17) is 14.6 Å². The van der Waals surface area contributed by atoms with Gasteiger partial charge >= 0.3 is 11.9 Å². The van der Waals surface area contributed by atoms with Crippen molar-refractivity contribution in [2.75, 3.05) is 26.4 Å². The summed E-state index contributed by atoms with van der Waals surface area (Å²) >= 11 is 0. The third-order valence-corrected chi connectivity index (χ3v) is 5.19. The van der Waals surface area contributed by atoms with Gasteiger partial charge in [-0.15, -0.1) is 0 Å². The SMILES string of the molecule is CC(=O)OC[C@@H](CC/C=C(/C)CO)CCC[C@H](CO)CCCC1=CCOC1=O. The third kappa shape index (κ3) is 10.6. The number of cyclic esters (lactones) is 1. The second kappa shape index (κ2) is 14.4. The summed E-state index contributed by atoms with van der Waals surface area (Å²) in [6, 6.07) is 0. The van der Waals surface area contributed by atoms with E-state index < -0.39 is 0 Å². The Labute approximate surface area is 168 Å². The molecule has 0 saturated heterocycles. The average molecular weight is 397 g/mol. The Morgan fingerprint density at radius 1 is 1.18 bits per heavy atom. The van der Waals surface area contributed by atoms with E-state index in [2.05, 4.69) is 0 Å². The Morgan fingerprint density at radius 3 is 2.50 bits per heavy atom. The van der Waals surface area contributed by atoms with Crippen LogP contribution in [0.2, 0.25) is 0 Å². The molecular formula is C22H36O6. The minimum Gasteiger partial charge on any atom is -0.466 e. The van der Waals surface area contributed by atoms with E-state index in [1.165, 1.54) is 6.92 Å². The molecule has 0 unspecified atom stereocenters. The molecule has 0 aromatic rings. The number of esters is 2. The highest BCUT2D eigenvalue weighted by atomic mass is 16.5. The molecule has 2 atom stereocenters. The van der Waals surface area contributed by atoms with Gasteiger partial charge in [0, 0.05) is 19.1 Å². The van der Waals surface area contributed by atoms with E-state index in [1.807, 2.05) is 19.1 Å². The summed E-state index contributed by atoms with van der Waals surface area (Å²) in [5.74, 6) is 0.0349. The van der Waals surface area contributed by atoms with E-state index in [0.29, 0.717) is 19.6 Å². The molecule has 0 spiro atoms. The van der Waals surface area contributed by atoms with Crippen LogP contribution in [0.5, 0.6) is 0 Å². The zero-order valence-electron chi connectivity index (χ0n) is 17.3. The van der Waals surface area contributed by atoms with Crippen molar-refractivity contribution < 1.29 is 29.3 Å². The topological polar surface area (TPSA) is 93.1 Å². The predicted octanol–water partition coefficient (Wildman–Crippen LogP) is 3.32. The molecule has 160 valence electrons. The van der Waals surface area contributed by atoms with Gasteiger partial charge in [-0.2, -0.15) is 0 Å². The maximum atomic E-state index is 11.4. The molecule has 0 aromatic heterocycles. The van der Waals surface area contributed by atoms with Crippen molar-refractivity contribution >= 4 is 11.9 Å². The second-order valence-electron chi connectivity index (χ2n) is 7.65. The van der Waals surface area contributed by atoms with Crippen molar-refractivity contribution in [2.45, 2.75) is 65.2 Å². The summed E-state index contributed by atoms with van der Waals surface area (Å²) < 4.78 is 10.1. The first kappa shape index (κ1) is 24.4. The van der Waals surface area contributed by atoms with Crippen LogP contribution >= 0.6 is 0 Å². The molecule has 6 nitrogen and oxygen atoms in total. The van der Waals surface area contributed by atoms with E-state index in [9.17, 15) is 14.7 Å². The molecule has 0 amide bonds. The van der Waals surface area contributed by atoms with Gasteiger partial charge in [0.2, 0.25) is 0 Å². The van der Waals surface area contributed by atoms with Gasteiger partial charge in [0.25, 0.3) is 0 Å². The fraction of sp³-hybridized carbons (Fsp3) is 0.727. The minimum absolute atomic E-state index is 0.0709. The number of carbonyl (C=O) groups excluding carboxylic acids is 2. The van der Waals surface area contributed by atoms with E-state index in [1.54, 1.807) is 0 Å². The highest BCUT2D eigenvalue weighted by Crippen LogP contribution is 2.23. The van der Waals surface area contributed by atoms with Crippen LogP contribution in [-0.2, 0) is 19.1 Å². The molecule has 1 heterocycles. The summed E-state index contributed by atoms with van der Waals surface area (Å²) in [6.07, 6.45) is 10.9. The lowest BCUT2D eigenvalue weighted by atomic mass is 9.91. The van der Waals surface area contributed by atoms with Crippen LogP contribution in [0.15, 0.2) is 23.3 Å². The molecular weight excluding hydrogens is 360 g/mol. The lowest BCUT2D eigenvalue weighted by molar-refractivity contribution is -0.142. The maximum Gasteiger partial charge on any atom is 0.334 e. The first-order chi connectivity index (χ1) is 13.5. The molecule has 1 aliphatic heterocycles. The van der Waals surface area contributed by atoms with Gasteiger partial charge in [0.05, 0.1) is 13.2 Å². The predicted molar refractivity (Wildman–Crippen MR) is 108 cm³/mol. The van der Waals surface area contributed by atoms with Crippen molar-refractivity contribution in [1.82, 2.24) is 0 Å². The molecule has 1 aliphatic rings. The zero-order valence-corrected chi connectivity index (χ0v) is 17.3. The van der Waals surface area contributed by atoms with Crippen LogP contribution in [-0.4, -0.2) is 48.6 Å². The Balaban J connectivity index is 2.32. The highest BCUT2D eigenvalue weighted by molar-refractivity contribution is 5.90. The molecule has 0 aromatic carbocycles. The van der Waals surface area contributed by atoms with Crippen LogP contribution in [0, 0.1) is 11.8 Å². The van der Waals surface area contributed by atoms with Crippen molar-refractivity contribution in [3.05, 3.63) is 23.3 Å². The average Bonchev–Trinajstić information content (AvgIpc) is 3.08. The number of aliphatic hydroxyl groups excluding tert-OH is 2. The van der Waals surface area contributed by atoms with E-state index >= 15 is 0 Å². The Bertz CT molecular complexity index is 537. The number of allylic oxidation sites excluding steroid dienone is 1. The van der Waals surface area contributed by atoms with Gasteiger partial charge in [-0.1, -0.05) is 18.1 Å². The Morgan fingerprint density at radius 2 is 1.89 bits per heavy atom. The van der Waals surface area contributed by atoms with Gasteiger partial charge in [-0.25, -0.2) is 4.79 Å². The second-order valence-corrected chi connectivity index (χ2v) is 7.65. The fourth-order valence-electron chi connectivity index (χ4n) is 3.38. The van der Waals surface area contributed by atoms with Crippen molar-refractivity contribution in [3.63, 3.8) is 0 Å². The summed E-state index contributed by atoms with van der Waals surface area (Å²) in [4.78, 5) is 22.5. The molecule has 0 radical (unpaired) electrons. The number of rotatable bonds is 15. The number of aliphatic hydroxyl groups is 2. The molecule has 28 heavy (non-hydrogen) atoms. The third-order valence-electron chi connectivity index (χ3n) is 5.19. The first-order valence-electron chi connectivity index (χ1n) is 10.3. The number of hydrogen-bond acceptors (Lipinski definition) is 6. The summed E-state index contributed by atoms with van der Waals surface area (Å²) in [5.41, 5.74) is 1.71. The largest absolute Gasteiger partial charge is 0.466 e. The van der Waals surface area contributed by atoms with Crippen molar-refractivity contribution in [1.29, 1.82) is 0 Å². The van der Waals surface area contributed by atoms with Gasteiger partial charge in [-0.3, -0.25) is 4.79 Å². The van der Waals surface area contributed by atoms with Gasteiger partial charge in [0.1, 0.15) is 6.61 Å². The van der Waals surface area contributed by atoms with E-state index in [-0.39, 0.29) is 37.0 Å². The van der Waals surface area contributed by atoms with Crippen LogP contribution in [0.4, 0.5) is 0 Å². The van der Waals surface area contributed by atoms with Crippen LogP contribution < -0.4 is 0 Å². The standard InChI is InChI=1S/C22H36O6/c1-17(14-23)6-3-9-20(16-28-18(2)25)10-4-7-19(15-24)8-5-11-21-12-13-27-22(21)26/h6,12,19-20,23-24H,3-5,7-11,13-16H2,1-2H3/b17-6-/t19-,20-/m0/s1. The van der Waals surface area contributed by atoms with Crippen LogP contribution in [0.25, 0.3) is 0 Å². The molecule has 6 heteroatoms. The summed E-state index contributed by atoms with van der Waals surface area (Å²) in [7, 11) is 0. The molecule has 2 N–H and O–H groups in total. The number of carbonyl (C=O) groups is 2. The van der Waals surface area contributed by atoms with Crippen molar-refractivity contribution in [2.24, 2.45) is 11.8 Å². The zero-order chi connectivity index (χ0) is 20.8. The Hall–Kier alpha value is -1.66. The summed E-state index contributed by atoms with van der Waals surface area (Å²) in [6.45, 7) is 4.34. The maximum absolute atomic E-state index is 11.4. The van der Waals surface area contributed by atoms with Gasteiger partial charge in [-0.05, 0) is 69.8 Å². The molecule has 1 rings (SSSR count). The monoisotopic (exact) mass is 396 g/mol. The minimum atomic E-state index is -0.264. The fourth-order valence-corrected chi connectivity index (χ4v) is 3.38. The lowest BCUT2D eigenvalue weighted by Crippen LogP contribution is -2.14. The van der Waals surface area contributed by atoms with Crippen LogP contribution in [0.3, 0.4) is 0 Å². The van der Waals surface area contributed by atoms with Gasteiger partial charge in [0.15, 0.2) is 0 Å².